The Morgan fingerprint density at radius 3 is 2.38 bits per heavy atom. The van der Waals surface area contributed by atoms with Crippen LogP contribution in [0.3, 0.4) is 0 Å². The molecule has 0 radical (unpaired) electrons. The second kappa shape index (κ2) is 8.52. The molecule has 2 N–H and O–H groups in total. The highest BCUT2D eigenvalue weighted by Crippen LogP contribution is 2.40. The number of hydrogen-bond donors (Lipinski definition) is 2. The number of phenols is 1. The summed E-state index contributed by atoms with van der Waals surface area (Å²) in [6, 6.07) is 17.8. The monoisotopic (exact) mass is 449 g/mol. The lowest BCUT2D eigenvalue weighted by atomic mass is 9.98. The molecule has 1 heterocycles. The number of nitrogens with zero attached hydrogens (tertiary/aromatic N) is 2. The maximum Gasteiger partial charge on any atom is 0.273 e. The first-order valence-corrected chi connectivity index (χ1v) is 9.83. The number of amides is 1. The minimum absolute atomic E-state index is 0.164. The van der Waals surface area contributed by atoms with Crippen LogP contribution < -0.4 is 5.32 Å². The number of rotatable bonds is 5. The van der Waals surface area contributed by atoms with Gasteiger partial charge in [0.25, 0.3) is 5.69 Å². The molecular weight excluding hydrogens is 434 g/mol. The lowest BCUT2D eigenvalue weighted by Crippen LogP contribution is -2.05. The van der Waals surface area contributed by atoms with Gasteiger partial charge in [-0.3, -0.25) is 20.2 Å². The van der Waals surface area contributed by atoms with E-state index in [1.165, 1.54) is 19.1 Å². The van der Waals surface area contributed by atoms with Crippen molar-refractivity contribution in [2.75, 3.05) is 5.32 Å². The van der Waals surface area contributed by atoms with Crippen molar-refractivity contribution in [3.05, 3.63) is 81.9 Å². The highest BCUT2D eigenvalue weighted by Gasteiger charge is 2.21. The van der Waals surface area contributed by atoms with Gasteiger partial charge in [-0.1, -0.05) is 41.9 Å². The molecule has 8 nitrogen and oxygen atoms in total. The van der Waals surface area contributed by atoms with Crippen molar-refractivity contribution >= 4 is 29.1 Å². The summed E-state index contributed by atoms with van der Waals surface area (Å²) in [5.74, 6) is -0.216. The van der Waals surface area contributed by atoms with Crippen LogP contribution >= 0.6 is 11.6 Å². The Balaban J connectivity index is 1.86. The molecule has 9 heteroatoms. The number of phenolic OH excluding ortho intramolecular Hbond substituents is 1. The van der Waals surface area contributed by atoms with Crippen molar-refractivity contribution in [1.82, 2.24) is 4.98 Å². The van der Waals surface area contributed by atoms with Crippen LogP contribution in [0.25, 0.3) is 33.8 Å². The number of nitro benzene ring substituents is 1. The maximum atomic E-state index is 11.7. The summed E-state index contributed by atoms with van der Waals surface area (Å²) in [5.41, 5.74) is 2.33. The van der Waals surface area contributed by atoms with Gasteiger partial charge in [0.05, 0.1) is 11.0 Å². The van der Waals surface area contributed by atoms with Crippen molar-refractivity contribution in [1.29, 1.82) is 0 Å². The Hall–Kier alpha value is -4.17. The van der Waals surface area contributed by atoms with E-state index < -0.39 is 4.92 Å². The second-order valence-corrected chi connectivity index (χ2v) is 7.33. The zero-order valence-corrected chi connectivity index (χ0v) is 17.5. The number of nitro groups is 1. The van der Waals surface area contributed by atoms with Gasteiger partial charge in [0, 0.05) is 34.7 Å². The quantitative estimate of drug-likeness (QED) is 0.289. The standard InChI is InChI=1S/C23H16ClN3O5/c1-13(28)25-23-21(14-6-8-15(24)9-7-14)26-22(32-23)19-5-3-2-4-17(19)18-11-10-16(27(30)31)12-20(18)29/h2-12,29H,1H3,(H,25,28). The van der Waals surface area contributed by atoms with E-state index in [4.69, 9.17) is 16.0 Å². The number of hydrogen-bond acceptors (Lipinski definition) is 6. The SMILES string of the molecule is CC(=O)Nc1oc(-c2ccccc2-c2ccc([N+](=O)[O-])cc2O)nc1-c1ccc(Cl)cc1. The summed E-state index contributed by atoms with van der Waals surface area (Å²) in [4.78, 5) is 26.7. The average Bonchev–Trinajstić information content (AvgIpc) is 3.17. The largest absolute Gasteiger partial charge is 0.507 e. The van der Waals surface area contributed by atoms with Crippen molar-refractivity contribution in [2.24, 2.45) is 0 Å². The van der Waals surface area contributed by atoms with Gasteiger partial charge in [0.15, 0.2) is 0 Å². The molecule has 0 saturated carbocycles. The molecule has 1 aromatic heterocycles. The van der Waals surface area contributed by atoms with E-state index in [1.54, 1.807) is 48.5 Å². The summed E-state index contributed by atoms with van der Waals surface area (Å²) in [6.45, 7) is 1.36. The summed E-state index contributed by atoms with van der Waals surface area (Å²) >= 11 is 5.98. The van der Waals surface area contributed by atoms with Crippen LogP contribution in [0.2, 0.25) is 5.02 Å². The summed E-state index contributed by atoms with van der Waals surface area (Å²) < 4.78 is 5.89. The predicted molar refractivity (Wildman–Crippen MR) is 120 cm³/mol. The first kappa shape index (κ1) is 21.1. The smallest absolute Gasteiger partial charge is 0.273 e. The zero-order valence-electron chi connectivity index (χ0n) is 16.7. The Labute approximate surface area is 187 Å². The molecule has 0 aliphatic carbocycles. The molecule has 0 saturated heterocycles. The van der Waals surface area contributed by atoms with Crippen LogP contribution in [0.5, 0.6) is 5.75 Å². The Morgan fingerprint density at radius 1 is 1.06 bits per heavy atom. The van der Waals surface area contributed by atoms with Crippen molar-refractivity contribution in [3.8, 4) is 39.6 Å². The van der Waals surface area contributed by atoms with Gasteiger partial charge in [-0.2, -0.15) is 0 Å². The van der Waals surface area contributed by atoms with E-state index in [-0.39, 0.29) is 29.1 Å². The first-order chi connectivity index (χ1) is 15.3. The molecule has 0 aliphatic heterocycles. The van der Waals surface area contributed by atoms with E-state index in [9.17, 15) is 20.0 Å². The molecule has 0 atom stereocenters. The number of non-ortho nitro benzene ring substituents is 1. The Morgan fingerprint density at radius 2 is 1.75 bits per heavy atom. The van der Waals surface area contributed by atoms with Gasteiger partial charge in [-0.25, -0.2) is 4.98 Å². The molecule has 1 amide bonds. The van der Waals surface area contributed by atoms with Gasteiger partial charge in [0.1, 0.15) is 11.4 Å². The summed E-state index contributed by atoms with van der Waals surface area (Å²) in [5, 5.41) is 24.6. The second-order valence-electron chi connectivity index (χ2n) is 6.89. The number of nitrogens with one attached hydrogen (secondary N) is 1. The van der Waals surface area contributed by atoms with Gasteiger partial charge in [-0.05, 0) is 29.8 Å². The minimum Gasteiger partial charge on any atom is -0.507 e. The average molecular weight is 450 g/mol. The van der Waals surface area contributed by atoms with E-state index >= 15 is 0 Å². The van der Waals surface area contributed by atoms with Crippen LogP contribution in [0.4, 0.5) is 11.6 Å². The Kier molecular flexibility index (Phi) is 5.61. The summed E-state index contributed by atoms with van der Waals surface area (Å²) in [7, 11) is 0. The van der Waals surface area contributed by atoms with Crippen molar-refractivity contribution < 1.29 is 19.2 Å². The fraction of sp³-hybridized carbons (Fsp3) is 0.0435. The molecular formula is C23H16ClN3O5. The number of carbonyl (C=O) groups excluding carboxylic acids is 1. The van der Waals surface area contributed by atoms with Crippen LogP contribution in [-0.2, 0) is 4.79 Å². The molecule has 0 unspecified atom stereocenters. The third-order valence-corrected chi connectivity index (χ3v) is 4.93. The number of carbonyl (C=O) groups is 1. The molecule has 0 bridgehead atoms. The molecule has 3 aromatic carbocycles. The highest BCUT2D eigenvalue weighted by atomic mass is 35.5. The Bertz CT molecular complexity index is 1330. The zero-order chi connectivity index (χ0) is 22.8. The van der Waals surface area contributed by atoms with Crippen molar-refractivity contribution in [2.45, 2.75) is 6.92 Å². The lowest BCUT2D eigenvalue weighted by Gasteiger charge is -2.08. The number of oxazole rings is 1. The van der Waals surface area contributed by atoms with Crippen LogP contribution in [0.15, 0.2) is 71.1 Å². The fourth-order valence-corrected chi connectivity index (χ4v) is 3.38. The molecule has 0 spiro atoms. The molecule has 0 aliphatic rings. The molecule has 160 valence electrons. The van der Waals surface area contributed by atoms with Crippen LogP contribution in [0, 0.1) is 10.1 Å². The van der Waals surface area contributed by atoms with Gasteiger partial charge >= 0.3 is 0 Å². The lowest BCUT2D eigenvalue weighted by molar-refractivity contribution is -0.384. The number of halogens is 1. The number of benzene rings is 3. The third kappa shape index (κ3) is 4.17. The van der Waals surface area contributed by atoms with Gasteiger partial charge < -0.3 is 9.52 Å². The van der Waals surface area contributed by atoms with Crippen LogP contribution in [0.1, 0.15) is 6.92 Å². The number of anilines is 1. The van der Waals surface area contributed by atoms with Gasteiger partial charge in [0.2, 0.25) is 17.7 Å². The molecule has 32 heavy (non-hydrogen) atoms. The highest BCUT2D eigenvalue weighted by molar-refractivity contribution is 6.30. The maximum absolute atomic E-state index is 11.7. The number of aromatic hydroxyl groups is 1. The van der Waals surface area contributed by atoms with Crippen LogP contribution in [-0.4, -0.2) is 20.9 Å². The minimum atomic E-state index is -0.582. The fourth-order valence-electron chi connectivity index (χ4n) is 3.25. The van der Waals surface area contributed by atoms with E-state index in [1.807, 2.05) is 0 Å². The summed E-state index contributed by atoms with van der Waals surface area (Å²) in [6.07, 6.45) is 0. The third-order valence-electron chi connectivity index (χ3n) is 4.67. The normalized spacial score (nSPS) is 10.7. The predicted octanol–water partition coefficient (Wildman–Crippen LogP) is 5.90. The van der Waals surface area contributed by atoms with Crippen molar-refractivity contribution in [3.63, 3.8) is 0 Å². The molecule has 4 rings (SSSR count). The van der Waals surface area contributed by atoms with E-state index in [2.05, 4.69) is 10.3 Å². The number of aromatic nitrogens is 1. The first-order valence-electron chi connectivity index (χ1n) is 9.45. The van der Waals surface area contributed by atoms with E-state index in [0.29, 0.717) is 33.0 Å². The topological polar surface area (TPSA) is 118 Å². The molecule has 0 fully saturated rings. The van der Waals surface area contributed by atoms with E-state index in [0.717, 1.165) is 6.07 Å². The molecule has 4 aromatic rings. The van der Waals surface area contributed by atoms with Gasteiger partial charge in [-0.15, -0.1) is 0 Å².